The van der Waals surface area contributed by atoms with Crippen LogP contribution >= 0.6 is 0 Å². The Bertz CT molecular complexity index is 1200. The van der Waals surface area contributed by atoms with Crippen molar-refractivity contribution in [2.45, 2.75) is 12.5 Å². The lowest BCUT2D eigenvalue weighted by Gasteiger charge is -2.27. The molecule has 1 unspecified atom stereocenters. The first-order valence-electron chi connectivity index (χ1n) is 8.93. The molecule has 6 heteroatoms. The highest BCUT2D eigenvalue weighted by Crippen LogP contribution is 2.45. The van der Waals surface area contributed by atoms with Gasteiger partial charge < -0.3 is 18.8 Å². The van der Waals surface area contributed by atoms with Gasteiger partial charge in [-0.05, 0) is 23.8 Å². The van der Waals surface area contributed by atoms with E-state index in [1.54, 1.807) is 35.4 Å². The summed E-state index contributed by atoms with van der Waals surface area (Å²) < 4.78 is 13.4. The normalized spacial score (nSPS) is 14.8. The molecule has 0 amide bonds. The molecule has 1 atom stereocenters. The number of fused-ring (bicyclic) bond motifs is 2. The lowest BCUT2D eigenvalue weighted by Crippen LogP contribution is -2.30. The number of nitrogens with zero attached hydrogens (tertiary/aromatic N) is 2. The van der Waals surface area contributed by atoms with Gasteiger partial charge in [0.2, 0.25) is 5.88 Å². The van der Waals surface area contributed by atoms with Gasteiger partial charge in [-0.2, -0.15) is 0 Å². The van der Waals surface area contributed by atoms with Crippen LogP contribution in [0.2, 0.25) is 0 Å². The van der Waals surface area contributed by atoms with Crippen molar-refractivity contribution < 1.29 is 14.3 Å². The largest absolute Gasteiger partial charge is 0.508 e. The van der Waals surface area contributed by atoms with Crippen LogP contribution in [0.4, 0.5) is 0 Å². The van der Waals surface area contributed by atoms with E-state index in [1.807, 2.05) is 42.5 Å². The number of aromatic hydroxyl groups is 1. The van der Waals surface area contributed by atoms with Gasteiger partial charge in [0.1, 0.15) is 29.1 Å². The predicted octanol–water partition coefficient (Wildman–Crippen LogP) is 4.00. The number of ether oxygens (including phenoxy) is 1. The summed E-state index contributed by atoms with van der Waals surface area (Å²) in [6.45, 7) is 0.535. The fraction of sp³-hybridized carbons (Fsp3) is 0.0909. The smallest absolute Gasteiger partial charge is 0.228 e. The standard InChI is InChI=1S/C22H17N3O3/c23-21-20-19(17-7-4-10-27-17)16-9-8-15(26)11-18(16)28-22(20)24-13-25(21)12-14-5-2-1-3-6-14/h1-11,13,19,23,26H,12H2. The Morgan fingerprint density at radius 1 is 1.07 bits per heavy atom. The monoisotopic (exact) mass is 371 g/mol. The molecular weight excluding hydrogens is 354 g/mol. The molecule has 28 heavy (non-hydrogen) atoms. The van der Waals surface area contributed by atoms with Crippen LogP contribution in [0.25, 0.3) is 0 Å². The topological polar surface area (TPSA) is 84.3 Å². The van der Waals surface area contributed by atoms with Crippen LogP contribution in [-0.2, 0) is 6.54 Å². The van der Waals surface area contributed by atoms with E-state index in [2.05, 4.69) is 4.98 Å². The zero-order valence-corrected chi connectivity index (χ0v) is 14.9. The third-order valence-electron chi connectivity index (χ3n) is 4.91. The molecule has 0 saturated heterocycles. The van der Waals surface area contributed by atoms with Gasteiger partial charge in [-0.25, -0.2) is 4.98 Å². The van der Waals surface area contributed by atoms with Crippen molar-refractivity contribution >= 4 is 0 Å². The Morgan fingerprint density at radius 3 is 2.71 bits per heavy atom. The van der Waals surface area contributed by atoms with Crippen molar-refractivity contribution in [3.63, 3.8) is 0 Å². The second-order valence-corrected chi connectivity index (χ2v) is 6.70. The second kappa shape index (κ2) is 6.42. The van der Waals surface area contributed by atoms with Crippen molar-refractivity contribution in [3.05, 3.63) is 101 Å². The highest BCUT2D eigenvalue weighted by atomic mass is 16.5. The summed E-state index contributed by atoms with van der Waals surface area (Å²) in [5.74, 6) is 1.35. The molecule has 0 spiro atoms. The van der Waals surface area contributed by atoms with Crippen molar-refractivity contribution in [2.24, 2.45) is 0 Å². The predicted molar refractivity (Wildman–Crippen MR) is 101 cm³/mol. The number of phenols is 1. The molecule has 2 N–H and O–H groups in total. The molecule has 138 valence electrons. The van der Waals surface area contributed by atoms with Crippen molar-refractivity contribution in [1.82, 2.24) is 9.55 Å². The van der Waals surface area contributed by atoms with Crippen LogP contribution in [0.3, 0.4) is 0 Å². The Balaban J connectivity index is 1.68. The molecule has 1 aliphatic rings. The molecule has 3 heterocycles. The number of benzene rings is 2. The maximum atomic E-state index is 9.85. The van der Waals surface area contributed by atoms with E-state index in [1.165, 1.54) is 0 Å². The highest BCUT2D eigenvalue weighted by Gasteiger charge is 2.33. The van der Waals surface area contributed by atoms with E-state index in [0.29, 0.717) is 35.0 Å². The van der Waals surface area contributed by atoms with Crippen molar-refractivity contribution in [1.29, 1.82) is 5.41 Å². The minimum absolute atomic E-state index is 0.113. The summed E-state index contributed by atoms with van der Waals surface area (Å²) >= 11 is 0. The van der Waals surface area contributed by atoms with Crippen LogP contribution in [0.15, 0.2) is 77.7 Å². The number of rotatable bonds is 3. The summed E-state index contributed by atoms with van der Waals surface area (Å²) in [4.78, 5) is 4.46. The zero-order chi connectivity index (χ0) is 19.1. The Morgan fingerprint density at radius 2 is 1.93 bits per heavy atom. The average molecular weight is 371 g/mol. The average Bonchev–Trinajstić information content (AvgIpc) is 3.24. The Hall–Kier alpha value is -3.80. The van der Waals surface area contributed by atoms with E-state index >= 15 is 0 Å². The maximum absolute atomic E-state index is 9.85. The van der Waals surface area contributed by atoms with Crippen LogP contribution in [0.5, 0.6) is 17.4 Å². The van der Waals surface area contributed by atoms with E-state index < -0.39 is 0 Å². The van der Waals surface area contributed by atoms with Gasteiger partial charge in [0.25, 0.3) is 0 Å². The first-order chi connectivity index (χ1) is 13.7. The lowest BCUT2D eigenvalue weighted by molar-refractivity contribution is 0.401. The number of hydrogen-bond donors (Lipinski definition) is 2. The number of furan rings is 1. The number of aromatic nitrogens is 2. The molecule has 0 fully saturated rings. The third kappa shape index (κ3) is 2.66. The van der Waals surface area contributed by atoms with Gasteiger partial charge in [-0.3, -0.25) is 5.41 Å². The first-order valence-corrected chi connectivity index (χ1v) is 8.93. The quantitative estimate of drug-likeness (QED) is 0.502. The van der Waals surface area contributed by atoms with E-state index in [4.69, 9.17) is 14.6 Å². The molecule has 0 saturated carbocycles. The fourth-order valence-corrected chi connectivity index (χ4v) is 3.61. The molecule has 2 aromatic heterocycles. The van der Waals surface area contributed by atoms with E-state index in [-0.39, 0.29) is 11.7 Å². The summed E-state index contributed by atoms with van der Waals surface area (Å²) in [6, 6.07) is 18.6. The molecule has 5 rings (SSSR count). The van der Waals surface area contributed by atoms with Gasteiger partial charge in [0, 0.05) is 11.6 Å². The summed E-state index contributed by atoms with van der Waals surface area (Å²) in [5.41, 5.74) is 2.87. The minimum atomic E-state index is -0.336. The molecular formula is C22H17N3O3. The van der Waals surface area contributed by atoms with Gasteiger partial charge in [-0.1, -0.05) is 36.4 Å². The molecule has 4 aromatic rings. The summed E-state index contributed by atoms with van der Waals surface area (Å²) in [6.07, 6.45) is 3.23. The molecule has 0 bridgehead atoms. The highest BCUT2D eigenvalue weighted by molar-refractivity contribution is 5.55. The summed E-state index contributed by atoms with van der Waals surface area (Å²) in [7, 11) is 0. The fourth-order valence-electron chi connectivity index (χ4n) is 3.61. The molecule has 1 aliphatic heterocycles. The van der Waals surface area contributed by atoms with Gasteiger partial charge in [0.15, 0.2) is 0 Å². The zero-order valence-electron chi connectivity index (χ0n) is 14.9. The molecule has 0 aliphatic carbocycles. The molecule has 0 radical (unpaired) electrons. The second-order valence-electron chi connectivity index (χ2n) is 6.70. The van der Waals surface area contributed by atoms with Crippen LogP contribution in [0, 0.1) is 5.41 Å². The van der Waals surface area contributed by atoms with E-state index in [9.17, 15) is 5.11 Å². The number of phenolic OH excluding ortho intramolecular Hbond substituents is 1. The van der Waals surface area contributed by atoms with Crippen LogP contribution in [-0.4, -0.2) is 14.7 Å². The Labute approximate surface area is 160 Å². The molecule has 2 aromatic carbocycles. The molecule has 6 nitrogen and oxygen atoms in total. The lowest BCUT2D eigenvalue weighted by atomic mass is 9.87. The summed E-state index contributed by atoms with van der Waals surface area (Å²) in [5, 5.41) is 18.7. The number of nitrogens with one attached hydrogen (secondary N) is 1. The Kier molecular flexibility index (Phi) is 3.76. The first kappa shape index (κ1) is 16.4. The third-order valence-corrected chi connectivity index (χ3v) is 4.91. The number of hydrogen-bond acceptors (Lipinski definition) is 5. The van der Waals surface area contributed by atoms with Crippen LogP contribution < -0.4 is 10.2 Å². The van der Waals surface area contributed by atoms with E-state index in [0.717, 1.165) is 11.1 Å². The maximum Gasteiger partial charge on any atom is 0.228 e. The van der Waals surface area contributed by atoms with Gasteiger partial charge in [0.05, 0.1) is 24.3 Å². The minimum Gasteiger partial charge on any atom is -0.508 e. The van der Waals surface area contributed by atoms with Crippen molar-refractivity contribution in [3.8, 4) is 17.4 Å². The van der Waals surface area contributed by atoms with Crippen LogP contribution in [0.1, 0.15) is 28.4 Å². The van der Waals surface area contributed by atoms with Gasteiger partial charge in [-0.15, -0.1) is 0 Å². The SMILES string of the molecule is N=c1c2c(ncn1Cc1ccccc1)Oc1cc(O)ccc1C2c1ccco1. The van der Waals surface area contributed by atoms with Crippen molar-refractivity contribution in [2.75, 3.05) is 0 Å². The van der Waals surface area contributed by atoms with Gasteiger partial charge >= 0.3 is 0 Å².